The third kappa shape index (κ3) is 2.07. The maximum atomic E-state index is 12.3. The van der Waals surface area contributed by atoms with Crippen LogP contribution in [0.2, 0.25) is 0 Å². The average Bonchev–Trinajstić information content (AvgIpc) is 3.26. The van der Waals surface area contributed by atoms with Crippen molar-refractivity contribution in [3.8, 4) is 0 Å². The smallest absolute Gasteiger partial charge is 0.225 e. The highest BCUT2D eigenvalue weighted by atomic mass is 79.9. The molecule has 4 rings (SSSR count). The Hall–Kier alpha value is -1.46. The SMILES string of the molecule is NC1CC(=O)N(C2CC2)C1c1ccc(Br)c2cccnc12. The van der Waals surface area contributed by atoms with E-state index in [1.54, 1.807) is 6.20 Å². The Bertz CT molecular complexity index is 729. The number of aromatic nitrogens is 1. The second-order valence-electron chi connectivity index (χ2n) is 5.88. The first-order valence-corrected chi connectivity index (χ1v) is 8.06. The van der Waals surface area contributed by atoms with Crippen LogP contribution in [0.25, 0.3) is 10.9 Å². The molecule has 1 aliphatic carbocycles. The van der Waals surface area contributed by atoms with Crippen molar-refractivity contribution >= 4 is 32.7 Å². The molecule has 5 heteroatoms. The van der Waals surface area contributed by atoms with Gasteiger partial charge in [-0.3, -0.25) is 9.78 Å². The number of benzene rings is 1. The number of halogens is 1. The van der Waals surface area contributed by atoms with Gasteiger partial charge >= 0.3 is 0 Å². The van der Waals surface area contributed by atoms with Gasteiger partial charge in [0, 0.05) is 40.1 Å². The predicted molar refractivity (Wildman–Crippen MR) is 84.6 cm³/mol. The van der Waals surface area contributed by atoms with Gasteiger partial charge in [-0.15, -0.1) is 0 Å². The summed E-state index contributed by atoms with van der Waals surface area (Å²) in [6.45, 7) is 0. The summed E-state index contributed by atoms with van der Waals surface area (Å²) in [4.78, 5) is 18.8. The zero-order valence-corrected chi connectivity index (χ0v) is 13.1. The highest BCUT2D eigenvalue weighted by Gasteiger charge is 2.46. The molecule has 1 amide bonds. The standard InChI is InChI=1S/C16H16BrN3O/c17-12-6-5-11(15-10(12)2-1-7-19-15)16-13(18)8-14(21)20(16)9-3-4-9/h1-2,5-7,9,13,16H,3-4,8,18H2. The maximum Gasteiger partial charge on any atom is 0.225 e. The van der Waals surface area contributed by atoms with E-state index in [2.05, 4.69) is 27.0 Å². The highest BCUT2D eigenvalue weighted by Crippen LogP contribution is 2.43. The van der Waals surface area contributed by atoms with Crippen LogP contribution in [-0.4, -0.2) is 27.9 Å². The van der Waals surface area contributed by atoms with E-state index in [-0.39, 0.29) is 18.0 Å². The van der Waals surface area contributed by atoms with Crippen molar-refractivity contribution < 1.29 is 4.79 Å². The fourth-order valence-electron chi connectivity index (χ4n) is 3.34. The summed E-state index contributed by atoms with van der Waals surface area (Å²) >= 11 is 3.57. The van der Waals surface area contributed by atoms with Gasteiger partial charge in [0.2, 0.25) is 5.91 Å². The third-order valence-electron chi connectivity index (χ3n) is 4.41. The largest absolute Gasteiger partial charge is 0.331 e. The van der Waals surface area contributed by atoms with Crippen LogP contribution in [0.5, 0.6) is 0 Å². The van der Waals surface area contributed by atoms with E-state index in [1.807, 2.05) is 23.1 Å². The first-order valence-electron chi connectivity index (χ1n) is 7.26. The monoisotopic (exact) mass is 345 g/mol. The van der Waals surface area contributed by atoms with E-state index in [4.69, 9.17) is 5.73 Å². The molecule has 2 N–H and O–H groups in total. The number of likely N-dealkylation sites (tertiary alicyclic amines) is 1. The average molecular weight is 346 g/mol. The van der Waals surface area contributed by atoms with E-state index in [0.717, 1.165) is 33.8 Å². The van der Waals surface area contributed by atoms with E-state index in [9.17, 15) is 4.79 Å². The fourth-order valence-corrected chi connectivity index (χ4v) is 3.79. The van der Waals surface area contributed by atoms with Crippen molar-refractivity contribution in [2.75, 3.05) is 0 Å². The minimum atomic E-state index is -0.149. The number of hydrogen-bond acceptors (Lipinski definition) is 3. The molecule has 2 aliphatic rings. The maximum absolute atomic E-state index is 12.3. The summed E-state index contributed by atoms with van der Waals surface area (Å²) in [5, 5.41) is 1.07. The third-order valence-corrected chi connectivity index (χ3v) is 5.10. The molecule has 108 valence electrons. The van der Waals surface area contributed by atoms with Crippen molar-refractivity contribution in [1.82, 2.24) is 9.88 Å². The van der Waals surface area contributed by atoms with Gasteiger partial charge < -0.3 is 10.6 Å². The number of fused-ring (bicyclic) bond motifs is 1. The summed E-state index contributed by atoms with van der Waals surface area (Å²) in [6, 6.07) is 8.23. The van der Waals surface area contributed by atoms with Gasteiger partial charge in [0.1, 0.15) is 0 Å². The quantitative estimate of drug-likeness (QED) is 0.910. The Kier molecular flexibility index (Phi) is 3.01. The lowest BCUT2D eigenvalue weighted by atomic mass is 9.97. The number of pyridine rings is 1. The summed E-state index contributed by atoms with van der Waals surface area (Å²) in [7, 11) is 0. The highest BCUT2D eigenvalue weighted by molar-refractivity contribution is 9.10. The Labute approximate surface area is 131 Å². The van der Waals surface area contributed by atoms with Gasteiger partial charge in [0.05, 0.1) is 11.6 Å². The first-order chi connectivity index (χ1) is 10.2. The van der Waals surface area contributed by atoms with Gasteiger partial charge in [-0.2, -0.15) is 0 Å². The molecule has 2 aromatic rings. The number of carbonyl (C=O) groups is 1. The van der Waals surface area contributed by atoms with Crippen molar-refractivity contribution in [3.63, 3.8) is 0 Å². The molecular formula is C16H16BrN3O. The number of hydrogen-bond donors (Lipinski definition) is 1. The minimum absolute atomic E-state index is 0.0458. The zero-order valence-electron chi connectivity index (χ0n) is 11.5. The number of nitrogens with zero attached hydrogens (tertiary/aromatic N) is 2. The fraction of sp³-hybridized carbons (Fsp3) is 0.375. The lowest BCUT2D eigenvalue weighted by Crippen LogP contribution is -2.34. The molecule has 21 heavy (non-hydrogen) atoms. The molecule has 2 unspecified atom stereocenters. The number of carbonyl (C=O) groups excluding carboxylic acids is 1. The Morgan fingerprint density at radius 3 is 2.86 bits per heavy atom. The molecule has 0 spiro atoms. The molecule has 2 fully saturated rings. The molecule has 1 aliphatic heterocycles. The molecule has 4 nitrogen and oxygen atoms in total. The first kappa shape index (κ1) is 13.2. The number of rotatable bonds is 2. The van der Waals surface area contributed by atoms with E-state index in [1.165, 1.54) is 0 Å². The molecule has 2 atom stereocenters. The van der Waals surface area contributed by atoms with Crippen LogP contribution in [0.15, 0.2) is 34.9 Å². The number of amides is 1. The normalized spacial score (nSPS) is 25.8. The summed E-state index contributed by atoms with van der Waals surface area (Å²) < 4.78 is 1.02. The molecule has 1 saturated heterocycles. The molecule has 1 saturated carbocycles. The lowest BCUT2D eigenvalue weighted by molar-refractivity contribution is -0.129. The van der Waals surface area contributed by atoms with Crippen molar-refractivity contribution in [2.24, 2.45) is 5.73 Å². The summed E-state index contributed by atoms with van der Waals surface area (Å²) in [5.41, 5.74) is 8.29. The lowest BCUT2D eigenvalue weighted by Gasteiger charge is -2.28. The molecular weight excluding hydrogens is 330 g/mol. The van der Waals surface area contributed by atoms with Gasteiger partial charge in [0.15, 0.2) is 0 Å². The minimum Gasteiger partial charge on any atom is -0.331 e. The molecule has 2 heterocycles. The van der Waals surface area contributed by atoms with Crippen LogP contribution in [0, 0.1) is 0 Å². The molecule has 0 radical (unpaired) electrons. The second-order valence-corrected chi connectivity index (χ2v) is 6.74. The van der Waals surface area contributed by atoms with Gasteiger partial charge in [-0.1, -0.05) is 28.1 Å². The van der Waals surface area contributed by atoms with Gasteiger partial charge in [0.25, 0.3) is 0 Å². The zero-order chi connectivity index (χ0) is 14.6. The summed E-state index contributed by atoms with van der Waals surface area (Å²) in [5.74, 6) is 0.182. The predicted octanol–water partition coefficient (Wildman–Crippen LogP) is 2.76. The topological polar surface area (TPSA) is 59.2 Å². The van der Waals surface area contributed by atoms with Crippen LogP contribution in [-0.2, 0) is 4.79 Å². The molecule has 1 aromatic carbocycles. The van der Waals surface area contributed by atoms with Crippen molar-refractivity contribution in [1.29, 1.82) is 0 Å². The van der Waals surface area contributed by atoms with E-state index < -0.39 is 0 Å². The van der Waals surface area contributed by atoms with E-state index >= 15 is 0 Å². The molecule has 1 aromatic heterocycles. The summed E-state index contributed by atoms with van der Waals surface area (Å²) in [6.07, 6.45) is 4.42. The second kappa shape index (κ2) is 4.78. The number of nitrogens with two attached hydrogens (primary N) is 1. The van der Waals surface area contributed by atoms with Crippen LogP contribution in [0.1, 0.15) is 30.9 Å². The Balaban J connectivity index is 1.89. The van der Waals surface area contributed by atoms with Crippen LogP contribution in [0.3, 0.4) is 0 Å². The Morgan fingerprint density at radius 1 is 1.29 bits per heavy atom. The van der Waals surface area contributed by atoms with E-state index in [0.29, 0.717) is 12.5 Å². The van der Waals surface area contributed by atoms with Gasteiger partial charge in [-0.25, -0.2) is 0 Å². The van der Waals surface area contributed by atoms with Crippen LogP contribution < -0.4 is 5.73 Å². The van der Waals surface area contributed by atoms with Crippen LogP contribution >= 0.6 is 15.9 Å². The van der Waals surface area contributed by atoms with Crippen LogP contribution in [0.4, 0.5) is 0 Å². The van der Waals surface area contributed by atoms with Crippen molar-refractivity contribution in [3.05, 3.63) is 40.5 Å². The Morgan fingerprint density at radius 2 is 2.10 bits per heavy atom. The van der Waals surface area contributed by atoms with Crippen molar-refractivity contribution in [2.45, 2.75) is 37.4 Å². The molecule has 0 bridgehead atoms. The van der Waals surface area contributed by atoms with Gasteiger partial charge in [-0.05, 0) is 25.0 Å².